The maximum absolute atomic E-state index is 9.57. The normalized spacial score (nSPS) is 15.7. The topological polar surface area (TPSA) is 62.4 Å². The van der Waals surface area contributed by atoms with E-state index in [2.05, 4.69) is 16.0 Å². The van der Waals surface area contributed by atoms with Gasteiger partial charge in [0.2, 0.25) is 0 Å². The molecule has 0 aliphatic carbocycles. The fourth-order valence-corrected chi connectivity index (χ4v) is 4.00. The fourth-order valence-electron chi connectivity index (χ4n) is 2.63. The smallest absolute Gasteiger partial charge is 0.180 e. The largest absolute Gasteiger partial charge is 0.505 e. The van der Waals surface area contributed by atoms with Gasteiger partial charge in [0.1, 0.15) is 0 Å². The zero-order chi connectivity index (χ0) is 16.4. The van der Waals surface area contributed by atoms with Crippen LogP contribution in [-0.4, -0.2) is 34.6 Å². The molecule has 23 heavy (non-hydrogen) atoms. The van der Waals surface area contributed by atoms with Gasteiger partial charge in [0.15, 0.2) is 10.9 Å². The Morgan fingerprint density at radius 2 is 1.96 bits per heavy atom. The number of benzene rings is 1. The maximum Gasteiger partial charge on any atom is 0.180 e. The van der Waals surface area contributed by atoms with Crippen LogP contribution in [0.25, 0.3) is 6.08 Å². The summed E-state index contributed by atoms with van der Waals surface area (Å²) in [7, 11) is 0. The van der Waals surface area contributed by atoms with Crippen LogP contribution in [0.5, 0.6) is 5.75 Å². The van der Waals surface area contributed by atoms with E-state index in [0.29, 0.717) is 5.13 Å². The van der Waals surface area contributed by atoms with Gasteiger partial charge >= 0.3 is 0 Å². The van der Waals surface area contributed by atoms with Crippen LogP contribution in [0.4, 0.5) is 5.13 Å². The van der Waals surface area contributed by atoms with E-state index >= 15 is 0 Å². The molecule has 0 amide bonds. The Hall–Kier alpha value is -1.27. The first-order valence-electron chi connectivity index (χ1n) is 7.34. The van der Waals surface area contributed by atoms with Crippen molar-refractivity contribution in [2.24, 2.45) is 0 Å². The van der Waals surface area contributed by atoms with Crippen LogP contribution >= 0.6 is 34.5 Å². The Morgan fingerprint density at radius 1 is 1.26 bits per heavy atom. The molecule has 2 aromatic rings. The third kappa shape index (κ3) is 3.98. The van der Waals surface area contributed by atoms with E-state index in [9.17, 15) is 5.11 Å². The molecule has 0 atom stereocenters. The minimum atomic E-state index is -0.0732. The summed E-state index contributed by atoms with van der Waals surface area (Å²) in [4.78, 5) is 8.09. The van der Waals surface area contributed by atoms with Crippen molar-refractivity contribution in [1.29, 1.82) is 0 Å². The molecule has 3 N–H and O–H groups in total. The fraction of sp³-hybridized carbons (Fsp3) is 0.312. The molecule has 0 spiro atoms. The van der Waals surface area contributed by atoms with Crippen molar-refractivity contribution in [3.05, 3.63) is 44.4 Å². The Balaban J connectivity index is 1.60. The lowest BCUT2D eigenvalue weighted by Gasteiger charge is -2.17. The minimum Gasteiger partial charge on any atom is -0.505 e. The molecular formula is C16H17Cl2N3OS. The summed E-state index contributed by atoms with van der Waals surface area (Å²) >= 11 is 13.5. The van der Waals surface area contributed by atoms with E-state index in [1.807, 2.05) is 6.08 Å². The number of halogens is 2. The molecule has 1 aromatic heterocycles. The second-order valence-electron chi connectivity index (χ2n) is 5.46. The summed E-state index contributed by atoms with van der Waals surface area (Å²) in [5.74, 6) is -0.0732. The van der Waals surface area contributed by atoms with E-state index in [0.717, 1.165) is 43.7 Å². The molecule has 1 aliphatic heterocycles. The molecule has 0 bridgehead atoms. The average molecular weight is 370 g/mol. The number of phenolic OH excluding ortho intramolecular Hbond substituents is 1. The lowest BCUT2D eigenvalue weighted by Crippen LogP contribution is -2.26. The lowest BCUT2D eigenvalue weighted by atomic mass is 10.2. The van der Waals surface area contributed by atoms with Gasteiger partial charge in [-0.1, -0.05) is 35.4 Å². The van der Waals surface area contributed by atoms with Crippen molar-refractivity contribution in [2.45, 2.75) is 12.8 Å². The van der Waals surface area contributed by atoms with Crippen LogP contribution in [0.3, 0.4) is 0 Å². The summed E-state index contributed by atoms with van der Waals surface area (Å²) in [6, 6.07) is 3.40. The molecule has 0 saturated carbocycles. The zero-order valence-corrected chi connectivity index (χ0v) is 14.8. The summed E-state index contributed by atoms with van der Waals surface area (Å²) < 4.78 is 0. The molecule has 122 valence electrons. The zero-order valence-electron chi connectivity index (χ0n) is 12.4. The van der Waals surface area contributed by atoms with Gasteiger partial charge in [0.05, 0.1) is 15.7 Å². The van der Waals surface area contributed by atoms with Gasteiger partial charge in [-0.15, -0.1) is 11.3 Å². The third-order valence-corrected chi connectivity index (χ3v) is 5.39. The number of nitrogens with two attached hydrogens (primary N) is 1. The Bertz CT molecular complexity index is 696. The van der Waals surface area contributed by atoms with E-state index in [4.69, 9.17) is 28.9 Å². The molecule has 0 fully saturated rings. The molecule has 0 radical (unpaired) electrons. The molecule has 4 nitrogen and oxygen atoms in total. The van der Waals surface area contributed by atoms with Crippen LogP contribution in [0, 0.1) is 0 Å². The molecule has 0 saturated heterocycles. The monoisotopic (exact) mass is 369 g/mol. The number of hydrogen-bond donors (Lipinski definition) is 2. The highest BCUT2D eigenvalue weighted by Crippen LogP contribution is 2.33. The van der Waals surface area contributed by atoms with Crippen molar-refractivity contribution >= 4 is 45.7 Å². The van der Waals surface area contributed by atoms with Crippen LogP contribution in [0.1, 0.15) is 16.1 Å². The maximum atomic E-state index is 9.57. The highest BCUT2D eigenvalue weighted by molar-refractivity contribution is 7.15. The number of rotatable bonds is 3. The first-order valence-corrected chi connectivity index (χ1v) is 8.91. The lowest BCUT2D eigenvalue weighted by molar-refractivity contribution is 0.318. The molecule has 2 heterocycles. The van der Waals surface area contributed by atoms with Crippen molar-refractivity contribution in [3.63, 3.8) is 0 Å². The van der Waals surface area contributed by atoms with E-state index in [1.165, 1.54) is 4.88 Å². The first-order chi connectivity index (χ1) is 11.0. The van der Waals surface area contributed by atoms with Gasteiger partial charge in [-0.3, -0.25) is 4.90 Å². The Labute approximate surface area is 149 Å². The number of fused-ring (bicyclic) bond motifs is 1. The van der Waals surface area contributed by atoms with Crippen molar-refractivity contribution in [2.75, 3.05) is 25.4 Å². The Kier molecular flexibility index (Phi) is 5.11. The van der Waals surface area contributed by atoms with Crippen molar-refractivity contribution < 1.29 is 5.11 Å². The van der Waals surface area contributed by atoms with Gasteiger partial charge in [-0.05, 0) is 24.1 Å². The SMILES string of the molecule is Nc1nc2c(s1)CCN(CC=Cc1cc(Cl)c(O)c(Cl)c1)CC2. The minimum absolute atomic E-state index is 0.0732. The van der Waals surface area contributed by atoms with Gasteiger partial charge in [0.25, 0.3) is 0 Å². The molecule has 1 aromatic carbocycles. The highest BCUT2D eigenvalue weighted by atomic mass is 35.5. The number of nitrogens with zero attached hydrogens (tertiary/aromatic N) is 2. The molecule has 0 unspecified atom stereocenters. The Morgan fingerprint density at radius 3 is 2.70 bits per heavy atom. The summed E-state index contributed by atoms with van der Waals surface area (Å²) in [5, 5.41) is 10.8. The van der Waals surface area contributed by atoms with E-state index < -0.39 is 0 Å². The van der Waals surface area contributed by atoms with Crippen LogP contribution in [0.2, 0.25) is 10.0 Å². The number of aromatic hydroxyl groups is 1. The molecule has 1 aliphatic rings. The number of thiazole rings is 1. The standard InChI is InChI=1S/C16H17Cl2N3OS/c17-11-8-10(9-12(18)15(11)22)2-1-5-21-6-3-13-14(4-7-21)23-16(19)20-13/h1-2,8-9,22H,3-7H2,(H2,19,20). The van der Waals surface area contributed by atoms with Crippen molar-refractivity contribution in [1.82, 2.24) is 9.88 Å². The summed E-state index contributed by atoms with van der Waals surface area (Å²) in [6.45, 7) is 2.81. The number of anilines is 1. The second-order valence-corrected chi connectivity index (χ2v) is 7.39. The predicted octanol–water partition coefficient (Wildman–Crippen LogP) is 3.85. The van der Waals surface area contributed by atoms with Gasteiger partial charge in [-0.2, -0.15) is 0 Å². The molecule has 3 rings (SSSR count). The number of nitrogen functional groups attached to an aromatic ring is 1. The third-order valence-electron chi connectivity index (χ3n) is 3.83. The summed E-state index contributed by atoms with van der Waals surface area (Å²) in [6.07, 6.45) is 5.98. The van der Waals surface area contributed by atoms with Crippen LogP contribution in [0.15, 0.2) is 18.2 Å². The van der Waals surface area contributed by atoms with Crippen LogP contribution < -0.4 is 5.73 Å². The molecular weight excluding hydrogens is 353 g/mol. The second kappa shape index (κ2) is 7.09. The van der Waals surface area contributed by atoms with Gasteiger partial charge < -0.3 is 10.8 Å². The van der Waals surface area contributed by atoms with E-state index in [1.54, 1.807) is 23.5 Å². The number of phenols is 1. The van der Waals surface area contributed by atoms with Crippen molar-refractivity contribution in [3.8, 4) is 5.75 Å². The predicted molar refractivity (Wildman–Crippen MR) is 97.5 cm³/mol. The highest BCUT2D eigenvalue weighted by Gasteiger charge is 2.16. The van der Waals surface area contributed by atoms with Gasteiger partial charge in [0, 0.05) is 30.9 Å². The van der Waals surface area contributed by atoms with E-state index in [-0.39, 0.29) is 15.8 Å². The average Bonchev–Trinajstić information content (AvgIpc) is 2.76. The number of aromatic nitrogens is 1. The quantitative estimate of drug-likeness (QED) is 0.862. The number of hydrogen-bond acceptors (Lipinski definition) is 5. The van der Waals surface area contributed by atoms with Crippen LogP contribution in [-0.2, 0) is 12.8 Å². The first kappa shape index (κ1) is 16.6. The molecule has 7 heteroatoms. The van der Waals surface area contributed by atoms with Gasteiger partial charge in [-0.25, -0.2) is 4.98 Å². The summed E-state index contributed by atoms with van der Waals surface area (Å²) in [5.41, 5.74) is 7.79.